The molecule has 0 saturated carbocycles. The van der Waals surface area contributed by atoms with E-state index >= 15 is 0 Å². The summed E-state index contributed by atoms with van der Waals surface area (Å²) in [7, 11) is -1.68. The highest BCUT2D eigenvalue weighted by molar-refractivity contribution is 7.91. The molecule has 2 aromatic rings. The summed E-state index contributed by atoms with van der Waals surface area (Å²) in [6.07, 6.45) is 4.87. The standard InChI is InChI=1S/C13H16N4O2S2/c1-14-12-9-15-8-10(16-12)11-4-2-6-17(11)21(18,19)13-5-3-7-20-13/h3,5,7-9,11H,2,4,6H2,1H3,(H,14,16). The number of rotatable bonds is 4. The summed E-state index contributed by atoms with van der Waals surface area (Å²) in [5.41, 5.74) is 0.694. The summed E-state index contributed by atoms with van der Waals surface area (Å²) >= 11 is 1.24. The first-order chi connectivity index (χ1) is 10.1. The molecule has 112 valence electrons. The number of anilines is 1. The monoisotopic (exact) mass is 324 g/mol. The minimum Gasteiger partial charge on any atom is -0.372 e. The minimum atomic E-state index is -3.45. The number of nitrogens with zero attached hydrogens (tertiary/aromatic N) is 3. The van der Waals surface area contributed by atoms with Gasteiger partial charge in [-0.25, -0.2) is 13.4 Å². The maximum absolute atomic E-state index is 12.7. The first kappa shape index (κ1) is 14.4. The quantitative estimate of drug-likeness (QED) is 0.932. The Bertz CT molecular complexity index is 716. The van der Waals surface area contributed by atoms with Crippen LogP contribution in [0, 0.1) is 0 Å². The van der Waals surface area contributed by atoms with E-state index in [0.29, 0.717) is 22.3 Å². The van der Waals surface area contributed by atoms with Gasteiger partial charge in [0, 0.05) is 13.6 Å². The molecule has 1 saturated heterocycles. The number of hydrogen-bond donors (Lipinski definition) is 1. The summed E-state index contributed by atoms with van der Waals surface area (Å²) in [5.74, 6) is 0.646. The van der Waals surface area contributed by atoms with Crippen molar-refractivity contribution in [3.8, 4) is 0 Å². The van der Waals surface area contributed by atoms with Crippen LogP contribution in [0.25, 0.3) is 0 Å². The second-order valence-corrected chi connectivity index (χ2v) is 7.85. The van der Waals surface area contributed by atoms with Crippen LogP contribution in [0.4, 0.5) is 5.82 Å². The molecule has 1 fully saturated rings. The molecule has 0 radical (unpaired) electrons. The maximum Gasteiger partial charge on any atom is 0.253 e. The van der Waals surface area contributed by atoms with Crippen molar-refractivity contribution in [2.75, 3.05) is 18.9 Å². The molecule has 0 amide bonds. The summed E-state index contributed by atoms with van der Waals surface area (Å²) in [6.45, 7) is 0.524. The number of sulfonamides is 1. The molecule has 1 aliphatic rings. The molecule has 2 aromatic heterocycles. The molecule has 3 heterocycles. The smallest absolute Gasteiger partial charge is 0.253 e. The van der Waals surface area contributed by atoms with Crippen molar-refractivity contribution in [2.24, 2.45) is 0 Å². The van der Waals surface area contributed by atoms with Gasteiger partial charge in [0.15, 0.2) is 0 Å². The van der Waals surface area contributed by atoms with Gasteiger partial charge in [-0.1, -0.05) is 6.07 Å². The Labute approximate surface area is 127 Å². The molecule has 0 aliphatic carbocycles. The van der Waals surface area contributed by atoms with Crippen LogP contribution in [0.5, 0.6) is 0 Å². The Morgan fingerprint density at radius 2 is 2.29 bits per heavy atom. The molecule has 6 nitrogen and oxygen atoms in total. The molecule has 0 aromatic carbocycles. The average Bonchev–Trinajstić information content (AvgIpc) is 3.18. The Balaban J connectivity index is 1.96. The lowest BCUT2D eigenvalue weighted by Gasteiger charge is -2.22. The zero-order chi connectivity index (χ0) is 14.9. The van der Waals surface area contributed by atoms with E-state index < -0.39 is 10.0 Å². The third-order valence-corrected chi connectivity index (χ3v) is 6.79. The second-order valence-electron chi connectivity index (χ2n) is 4.79. The number of thiophene rings is 1. The molecular weight excluding hydrogens is 308 g/mol. The number of aromatic nitrogens is 2. The number of hydrogen-bond acceptors (Lipinski definition) is 6. The van der Waals surface area contributed by atoms with Crippen LogP contribution in [0.1, 0.15) is 24.6 Å². The average molecular weight is 324 g/mol. The van der Waals surface area contributed by atoms with Crippen LogP contribution < -0.4 is 5.32 Å². The fourth-order valence-corrected chi connectivity index (χ4v) is 5.30. The zero-order valence-corrected chi connectivity index (χ0v) is 13.2. The lowest BCUT2D eigenvalue weighted by molar-refractivity contribution is 0.391. The predicted molar refractivity (Wildman–Crippen MR) is 81.8 cm³/mol. The van der Waals surface area contributed by atoms with Crippen molar-refractivity contribution < 1.29 is 8.42 Å². The fourth-order valence-electron chi connectivity index (χ4n) is 2.51. The maximum atomic E-state index is 12.7. The molecule has 8 heteroatoms. The first-order valence-electron chi connectivity index (χ1n) is 6.68. The van der Waals surface area contributed by atoms with Crippen LogP contribution >= 0.6 is 11.3 Å². The fraction of sp³-hybridized carbons (Fsp3) is 0.385. The van der Waals surface area contributed by atoms with E-state index in [2.05, 4.69) is 15.3 Å². The second kappa shape index (κ2) is 5.70. The van der Waals surface area contributed by atoms with Gasteiger partial charge in [-0.2, -0.15) is 4.31 Å². The number of nitrogens with one attached hydrogen (secondary N) is 1. The zero-order valence-electron chi connectivity index (χ0n) is 11.6. The lowest BCUT2D eigenvalue weighted by atomic mass is 10.2. The summed E-state index contributed by atoms with van der Waals surface area (Å²) in [4.78, 5) is 8.58. The van der Waals surface area contributed by atoms with Crippen LogP contribution in [0.2, 0.25) is 0 Å². The molecule has 3 rings (SSSR count). The largest absolute Gasteiger partial charge is 0.372 e. The third kappa shape index (κ3) is 2.66. The Kier molecular flexibility index (Phi) is 3.92. The topological polar surface area (TPSA) is 75.2 Å². The highest BCUT2D eigenvalue weighted by atomic mass is 32.2. The van der Waals surface area contributed by atoms with Crippen LogP contribution in [0.15, 0.2) is 34.1 Å². The lowest BCUT2D eigenvalue weighted by Crippen LogP contribution is -2.30. The minimum absolute atomic E-state index is 0.238. The van der Waals surface area contributed by atoms with Gasteiger partial charge in [-0.3, -0.25) is 4.98 Å². The van der Waals surface area contributed by atoms with Crippen molar-refractivity contribution in [2.45, 2.75) is 23.1 Å². The van der Waals surface area contributed by atoms with E-state index in [1.807, 2.05) is 0 Å². The van der Waals surface area contributed by atoms with Crippen molar-refractivity contribution in [3.63, 3.8) is 0 Å². The molecule has 1 N–H and O–H groups in total. The van der Waals surface area contributed by atoms with Gasteiger partial charge in [0.2, 0.25) is 0 Å². The molecular formula is C13H16N4O2S2. The first-order valence-corrected chi connectivity index (χ1v) is 9.00. The predicted octanol–water partition coefficient (Wildman–Crippen LogP) is 2.11. The van der Waals surface area contributed by atoms with Crippen LogP contribution in [0.3, 0.4) is 0 Å². The van der Waals surface area contributed by atoms with E-state index in [4.69, 9.17) is 0 Å². The van der Waals surface area contributed by atoms with Crippen molar-refractivity contribution in [1.29, 1.82) is 0 Å². The van der Waals surface area contributed by atoms with Gasteiger partial charge in [0.25, 0.3) is 10.0 Å². The van der Waals surface area contributed by atoms with Gasteiger partial charge in [0.1, 0.15) is 10.0 Å². The highest BCUT2D eigenvalue weighted by Gasteiger charge is 2.37. The van der Waals surface area contributed by atoms with Crippen LogP contribution in [-0.4, -0.2) is 36.3 Å². The van der Waals surface area contributed by atoms with E-state index in [9.17, 15) is 8.42 Å². The van der Waals surface area contributed by atoms with E-state index in [1.54, 1.807) is 41.3 Å². The van der Waals surface area contributed by atoms with Crippen molar-refractivity contribution in [1.82, 2.24) is 14.3 Å². The molecule has 1 atom stereocenters. The highest BCUT2D eigenvalue weighted by Crippen LogP contribution is 2.36. The van der Waals surface area contributed by atoms with E-state index in [0.717, 1.165) is 12.8 Å². The van der Waals surface area contributed by atoms with Gasteiger partial charge in [0.05, 0.1) is 24.1 Å². The van der Waals surface area contributed by atoms with E-state index in [1.165, 1.54) is 11.3 Å². The summed E-state index contributed by atoms with van der Waals surface area (Å²) in [6, 6.07) is 3.16. The molecule has 0 bridgehead atoms. The summed E-state index contributed by atoms with van der Waals surface area (Å²) in [5, 5.41) is 4.71. The van der Waals surface area contributed by atoms with Gasteiger partial charge in [-0.15, -0.1) is 11.3 Å². The molecule has 1 aliphatic heterocycles. The van der Waals surface area contributed by atoms with Crippen molar-refractivity contribution in [3.05, 3.63) is 35.6 Å². The van der Waals surface area contributed by atoms with Crippen molar-refractivity contribution >= 4 is 27.2 Å². The normalized spacial score (nSPS) is 19.8. The third-order valence-electron chi connectivity index (χ3n) is 3.51. The van der Waals surface area contributed by atoms with Crippen LogP contribution in [-0.2, 0) is 10.0 Å². The van der Waals surface area contributed by atoms with Gasteiger partial charge in [-0.05, 0) is 24.3 Å². The Morgan fingerprint density at radius 1 is 1.43 bits per heavy atom. The van der Waals surface area contributed by atoms with Gasteiger partial charge < -0.3 is 5.32 Å². The van der Waals surface area contributed by atoms with E-state index in [-0.39, 0.29) is 6.04 Å². The Hall–Kier alpha value is -1.51. The molecule has 0 spiro atoms. The van der Waals surface area contributed by atoms with Gasteiger partial charge >= 0.3 is 0 Å². The SMILES string of the molecule is CNc1cncc(C2CCCN2S(=O)(=O)c2cccs2)n1. The Morgan fingerprint density at radius 3 is 3.00 bits per heavy atom. The summed E-state index contributed by atoms with van der Waals surface area (Å²) < 4.78 is 27.3. The molecule has 1 unspecified atom stereocenters. The molecule has 21 heavy (non-hydrogen) atoms.